The van der Waals surface area contributed by atoms with Gasteiger partial charge in [-0.05, 0) is 13.0 Å². The van der Waals surface area contributed by atoms with E-state index in [1.54, 1.807) is 13.0 Å². The fourth-order valence-electron chi connectivity index (χ4n) is 1.18. The Morgan fingerprint density at radius 3 is 2.56 bits per heavy atom. The van der Waals surface area contributed by atoms with Gasteiger partial charge in [0.05, 0.1) is 6.61 Å². The van der Waals surface area contributed by atoms with Crippen LogP contribution in [0.25, 0.3) is 0 Å². The summed E-state index contributed by atoms with van der Waals surface area (Å²) in [5.74, 6) is 0.451. The van der Waals surface area contributed by atoms with E-state index in [0.29, 0.717) is 23.7 Å². The average Bonchev–Trinajstić information content (AvgIpc) is 2.13. The maximum Gasteiger partial charge on any atom is 0.405 e. The zero-order valence-electron chi connectivity index (χ0n) is 8.77. The Balaban J connectivity index is 2.72. The number of halogens is 3. The SMILES string of the molecule is CCOc1cc(N)cc(NCC(F)(F)F)c1. The van der Waals surface area contributed by atoms with Crippen molar-refractivity contribution in [2.75, 3.05) is 24.2 Å². The molecule has 3 N–H and O–H groups in total. The van der Waals surface area contributed by atoms with Gasteiger partial charge in [-0.25, -0.2) is 0 Å². The van der Waals surface area contributed by atoms with E-state index in [0.717, 1.165) is 0 Å². The number of hydrogen-bond acceptors (Lipinski definition) is 3. The molecule has 0 amide bonds. The Morgan fingerprint density at radius 1 is 1.31 bits per heavy atom. The molecule has 0 aliphatic rings. The van der Waals surface area contributed by atoms with Crippen LogP contribution in [0.2, 0.25) is 0 Å². The van der Waals surface area contributed by atoms with Crippen LogP contribution in [0.1, 0.15) is 6.92 Å². The molecule has 0 bridgehead atoms. The van der Waals surface area contributed by atoms with Crippen molar-refractivity contribution < 1.29 is 17.9 Å². The Labute approximate surface area is 91.4 Å². The second-order valence-electron chi connectivity index (χ2n) is 3.19. The van der Waals surface area contributed by atoms with Crippen molar-refractivity contribution in [1.82, 2.24) is 0 Å². The number of nitrogens with one attached hydrogen (secondary N) is 1. The molecule has 0 heterocycles. The van der Waals surface area contributed by atoms with Crippen LogP contribution < -0.4 is 15.8 Å². The maximum absolute atomic E-state index is 12.0. The third kappa shape index (κ3) is 4.29. The van der Waals surface area contributed by atoms with Gasteiger partial charge in [-0.15, -0.1) is 0 Å². The van der Waals surface area contributed by atoms with Crippen LogP contribution in [0.15, 0.2) is 18.2 Å². The first-order valence-electron chi connectivity index (χ1n) is 4.74. The van der Waals surface area contributed by atoms with E-state index in [1.807, 2.05) is 0 Å². The van der Waals surface area contributed by atoms with Gasteiger partial charge in [0.15, 0.2) is 0 Å². The zero-order chi connectivity index (χ0) is 12.2. The number of rotatable bonds is 4. The maximum atomic E-state index is 12.0. The minimum absolute atomic E-state index is 0.292. The molecule has 6 heteroatoms. The van der Waals surface area contributed by atoms with Crippen molar-refractivity contribution >= 4 is 11.4 Å². The Hall–Kier alpha value is -1.59. The van der Waals surface area contributed by atoms with Gasteiger partial charge < -0.3 is 15.8 Å². The summed E-state index contributed by atoms with van der Waals surface area (Å²) in [4.78, 5) is 0. The molecule has 0 aromatic heterocycles. The van der Waals surface area contributed by atoms with Crippen molar-refractivity contribution in [1.29, 1.82) is 0 Å². The molecule has 3 nitrogen and oxygen atoms in total. The number of nitrogen functional groups attached to an aromatic ring is 1. The summed E-state index contributed by atoms with van der Waals surface area (Å²) in [6, 6.07) is 4.46. The summed E-state index contributed by atoms with van der Waals surface area (Å²) >= 11 is 0. The third-order valence-electron chi connectivity index (χ3n) is 1.73. The van der Waals surface area contributed by atoms with E-state index < -0.39 is 12.7 Å². The number of hydrogen-bond donors (Lipinski definition) is 2. The Morgan fingerprint density at radius 2 is 2.00 bits per heavy atom. The summed E-state index contributed by atoms with van der Waals surface area (Å²) in [6.07, 6.45) is -4.25. The topological polar surface area (TPSA) is 47.3 Å². The molecule has 90 valence electrons. The van der Waals surface area contributed by atoms with Crippen molar-refractivity contribution in [2.45, 2.75) is 13.1 Å². The first-order chi connectivity index (χ1) is 7.40. The summed E-state index contributed by atoms with van der Waals surface area (Å²) < 4.78 is 41.1. The predicted octanol–water partition coefficient (Wildman–Crippen LogP) is 2.64. The number of nitrogens with two attached hydrogens (primary N) is 1. The molecule has 0 aliphatic heterocycles. The van der Waals surface area contributed by atoms with E-state index in [-0.39, 0.29) is 0 Å². The summed E-state index contributed by atoms with van der Waals surface area (Å²) in [6.45, 7) is 1.12. The van der Waals surface area contributed by atoms with Crippen LogP contribution in [0.4, 0.5) is 24.5 Å². The van der Waals surface area contributed by atoms with E-state index in [9.17, 15) is 13.2 Å². The molecule has 0 aliphatic carbocycles. The third-order valence-corrected chi connectivity index (χ3v) is 1.73. The quantitative estimate of drug-likeness (QED) is 0.787. The highest BCUT2D eigenvalue weighted by molar-refractivity contribution is 5.59. The lowest BCUT2D eigenvalue weighted by Gasteiger charge is -2.12. The van der Waals surface area contributed by atoms with Crippen LogP contribution >= 0.6 is 0 Å². The smallest absolute Gasteiger partial charge is 0.405 e. The highest BCUT2D eigenvalue weighted by Gasteiger charge is 2.26. The Kier molecular flexibility index (Phi) is 3.87. The van der Waals surface area contributed by atoms with Crippen molar-refractivity contribution in [2.24, 2.45) is 0 Å². The molecule has 0 spiro atoms. The normalized spacial score (nSPS) is 11.2. The molecule has 0 radical (unpaired) electrons. The predicted molar refractivity (Wildman–Crippen MR) is 56.6 cm³/mol. The monoisotopic (exact) mass is 234 g/mol. The lowest BCUT2D eigenvalue weighted by atomic mass is 10.2. The highest BCUT2D eigenvalue weighted by Crippen LogP contribution is 2.24. The molecule has 0 saturated heterocycles. The van der Waals surface area contributed by atoms with Crippen LogP contribution in [0, 0.1) is 0 Å². The van der Waals surface area contributed by atoms with Gasteiger partial charge in [-0.3, -0.25) is 0 Å². The van der Waals surface area contributed by atoms with Gasteiger partial charge in [0.25, 0.3) is 0 Å². The van der Waals surface area contributed by atoms with Gasteiger partial charge in [0.1, 0.15) is 12.3 Å². The van der Waals surface area contributed by atoms with E-state index in [2.05, 4.69) is 5.32 Å². The molecule has 1 aromatic carbocycles. The van der Waals surface area contributed by atoms with Crippen molar-refractivity contribution in [3.05, 3.63) is 18.2 Å². The zero-order valence-corrected chi connectivity index (χ0v) is 8.77. The molecule has 0 unspecified atom stereocenters. The van der Waals surface area contributed by atoms with Gasteiger partial charge in [0.2, 0.25) is 0 Å². The second kappa shape index (κ2) is 4.96. The van der Waals surface area contributed by atoms with Crippen LogP contribution in [0.5, 0.6) is 5.75 Å². The second-order valence-corrected chi connectivity index (χ2v) is 3.19. The lowest BCUT2D eigenvalue weighted by molar-refractivity contribution is -0.115. The Bertz CT molecular complexity index is 352. The summed E-state index contributed by atoms with van der Waals surface area (Å²) in [5, 5.41) is 2.24. The van der Waals surface area contributed by atoms with Crippen LogP contribution in [-0.2, 0) is 0 Å². The fourth-order valence-corrected chi connectivity index (χ4v) is 1.18. The van der Waals surface area contributed by atoms with E-state index in [1.165, 1.54) is 12.1 Å². The van der Waals surface area contributed by atoms with Crippen molar-refractivity contribution in [3.8, 4) is 5.75 Å². The van der Waals surface area contributed by atoms with Crippen molar-refractivity contribution in [3.63, 3.8) is 0 Å². The fraction of sp³-hybridized carbons (Fsp3) is 0.400. The standard InChI is InChI=1S/C10H13F3N2O/c1-2-16-9-4-7(14)3-8(5-9)15-6-10(11,12)13/h3-5,15H,2,6,14H2,1H3. The first kappa shape index (κ1) is 12.5. The van der Waals surface area contributed by atoms with Crippen LogP contribution in [-0.4, -0.2) is 19.3 Å². The molecular formula is C10H13F3N2O. The van der Waals surface area contributed by atoms with Gasteiger partial charge in [-0.2, -0.15) is 13.2 Å². The molecule has 0 fully saturated rings. The first-order valence-corrected chi connectivity index (χ1v) is 4.74. The average molecular weight is 234 g/mol. The van der Waals surface area contributed by atoms with Gasteiger partial charge in [0, 0.05) is 23.5 Å². The summed E-state index contributed by atoms with van der Waals surface area (Å²) in [7, 11) is 0. The number of benzene rings is 1. The largest absolute Gasteiger partial charge is 0.494 e. The van der Waals surface area contributed by atoms with Crippen LogP contribution in [0.3, 0.4) is 0 Å². The number of anilines is 2. The van der Waals surface area contributed by atoms with E-state index in [4.69, 9.17) is 10.5 Å². The van der Waals surface area contributed by atoms with E-state index >= 15 is 0 Å². The minimum atomic E-state index is -4.25. The number of alkyl halides is 3. The molecule has 1 rings (SSSR count). The highest BCUT2D eigenvalue weighted by atomic mass is 19.4. The molecular weight excluding hydrogens is 221 g/mol. The van der Waals surface area contributed by atoms with Gasteiger partial charge >= 0.3 is 6.18 Å². The molecule has 1 aromatic rings. The molecule has 0 atom stereocenters. The number of ether oxygens (including phenoxy) is 1. The lowest BCUT2D eigenvalue weighted by Crippen LogP contribution is -2.21. The molecule has 16 heavy (non-hydrogen) atoms. The summed E-state index contributed by atoms with van der Waals surface area (Å²) in [5.41, 5.74) is 6.18. The minimum Gasteiger partial charge on any atom is -0.494 e. The van der Waals surface area contributed by atoms with Gasteiger partial charge in [-0.1, -0.05) is 0 Å². The molecule has 0 saturated carbocycles.